The van der Waals surface area contributed by atoms with Crippen molar-refractivity contribution < 1.29 is 28.6 Å². The molecule has 0 spiro atoms. The second kappa shape index (κ2) is 19.2. The molecule has 0 aliphatic heterocycles. The van der Waals surface area contributed by atoms with Gasteiger partial charge in [-0.3, -0.25) is 4.79 Å². The monoisotopic (exact) mass is 622 g/mol. The Bertz CT molecular complexity index is 1150. The quantitative estimate of drug-likeness (QED) is 0.221. The first-order valence-electron chi connectivity index (χ1n) is 14.2. The van der Waals surface area contributed by atoms with E-state index in [1.807, 2.05) is 64.1 Å². The van der Waals surface area contributed by atoms with Gasteiger partial charge in [-0.15, -0.1) is 12.4 Å². The van der Waals surface area contributed by atoms with Crippen LogP contribution in [0.1, 0.15) is 104 Å². The van der Waals surface area contributed by atoms with E-state index in [9.17, 15) is 14.4 Å². The van der Waals surface area contributed by atoms with Crippen molar-refractivity contribution in [3.05, 3.63) is 70.8 Å². The summed E-state index contributed by atoms with van der Waals surface area (Å²) in [5.41, 5.74) is 9.59. The minimum atomic E-state index is -0.772. The van der Waals surface area contributed by atoms with E-state index in [1.165, 1.54) is 11.1 Å². The minimum absolute atomic E-state index is 0. The number of hydrogen-bond donors (Lipinski definition) is 2. The SMILES string of the molecule is C.Cc1ccccc1[C@H](C)[C@H](C)OC(=O)[C@H](C)N.Cc1ccccc1[C@H](C)[C@H](C)OC(=O)[C@H](C)NC(=O)OC(C)(C)C.Cl. The van der Waals surface area contributed by atoms with Crippen LogP contribution in [-0.2, 0) is 23.8 Å². The van der Waals surface area contributed by atoms with Crippen LogP contribution in [0.3, 0.4) is 0 Å². The molecule has 8 nitrogen and oxygen atoms in total. The molecule has 0 heterocycles. The molecule has 6 atom stereocenters. The van der Waals surface area contributed by atoms with E-state index in [0.29, 0.717) is 0 Å². The van der Waals surface area contributed by atoms with Crippen LogP contribution in [0, 0.1) is 13.8 Å². The van der Waals surface area contributed by atoms with Gasteiger partial charge >= 0.3 is 18.0 Å². The van der Waals surface area contributed by atoms with Crippen molar-refractivity contribution in [1.82, 2.24) is 5.32 Å². The number of ether oxygens (including phenoxy) is 3. The Kier molecular flexibility index (Phi) is 18.8. The van der Waals surface area contributed by atoms with Crippen molar-refractivity contribution >= 4 is 30.4 Å². The van der Waals surface area contributed by atoms with Crippen LogP contribution >= 0.6 is 12.4 Å². The van der Waals surface area contributed by atoms with Crippen LogP contribution in [0.2, 0.25) is 0 Å². The Morgan fingerprint density at radius 3 is 1.44 bits per heavy atom. The molecule has 0 aliphatic carbocycles. The Balaban J connectivity index is 0. The number of aryl methyl sites for hydroxylation is 2. The summed E-state index contributed by atoms with van der Waals surface area (Å²) < 4.78 is 16.0. The van der Waals surface area contributed by atoms with Crippen molar-refractivity contribution in [3.63, 3.8) is 0 Å². The van der Waals surface area contributed by atoms with E-state index in [1.54, 1.807) is 34.6 Å². The lowest BCUT2D eigenvalue weighted by atomic mass is 9.92. The molecule has 0 saturated carbocycles. The third-order valence-electron chi connectivity index (χ3n) is 6.83. The maximum Gasteiger partial charge on any atom is 0.408 e. The summed E-state index contributed by atoms with van der Waals surface area (Å²) in [5.74, 6) is -0.602. The molecule has 0 aliphatic rings. The topological polar surface area (TPSA) is 117 Å². The molecule has 2 rings (SSSR count). The molecular weight excluding hydrogens is 568 g/mol. The molecule has 0 bridgehead atoms. The summed E-state index contributed by atoms with van der Waals surface area (Å²) in [4.78, 5) is 35.3. The van der Waals surface area contributed by atoms with Crippen molar-refractivity contribution in [2.45, 2.75) is 125 Å². The predicted octanol–water partition coefficient (Wildman–Crippen LogP) is 7.38. The summed E-state index contributed by atoms with van der Waals surface area (Å²) >= 11 is 0. The van der Waals surface area contributed by atoms with E-state index in [-0.39, 0.29) is 49.8 Å². The number of rotatable bonds is 9. The third-order valence-corrected chi connectivity index (χ3v) is 6.83. The summed E-state index contributed by atoms with van der Waals surface area (Å²) in [5, 5.41) is 2.50. The van der Waals surface area contributed by atoms with Crippen LogP contribution < -0.4 is 11.1 Å². The molecule has 9 heteroatoms. The molecule has 0 aromatic heterocycles. The molecule has 3 N–H and O–H groups in total. The third kappa shape index (κ3) is 14.8. The van der Waals surface area contributed by atoms with Crippen LogP contribution in [-0.4, -0.2) is 47.9 Å². The van der Waals surface area contributed by atoms with Crippen LogP contribution in [0.25, 0.3) is 0 Å². The Morgan fingerprint density at radius 2 is 1.09 bits per heavy atom. The zero-order chi connectivity index (χ0) is 31.5. The van der Waals surface area contributed by atoms with Gasteiger partial charge in [0, 0.05) is 11.8 Å². The fourth-order valence-corrected chi connectivity index (χ4v) is 4.02. The van der Waals surface area contributed by atoms with E-state index in [0.717, 1.165) is 11.1 Å². The lowest BCUT2D eigenvalue weighted by molar-refractivity contribution is -0.151. The smallest absolute Gasteiger partial charge is 0.408 e. The van der Waals surface area contributed by atoms with Crippen molar-refractivity contribution in [3.8, 4) is 0 Å². The summed E-state index contributed by atoms with van der Waals surface area (Å²) in [6.07, 6.45) is -1.11. The molecule has 0 fully saturated rings. The first-order chi connectivity index (χ1) is 18.9. The first-order valence-corrected chi connectivity index (χ1v) is 14.2. The van der Waals surface area contributed by atoms with Crippen molar-refractivity contribution in [1.29, 1.82) is 0 Å². The minimum Gasteiger partial charge on any atom is -0.461 e. The standard InChI is InChI=1S/C19H29NO4.C14H21NO2.CH4.ClH/c1-12-10-8-9-11-16(12)13(2)15(4)23-17(21)14(3)20-18(22)24-19(5,6)7;1-9-7-5-6-8-13(9)10(2)12(4)17-14(16)11(3)15;;/h8-11,13-15H,1-7H3,(H,20,22);5-8,10-12H,15H2,1-4H3;1H4;1H/t13-,14+,15+;10-,11+,12+;;/m11../s1. The molecule has 0 radical (unpaired) electrons. The van der Waals surface area contributed by atoms with Gasteiger partial charge in [0.15, 0.2) is 0 Å². The average molecular weight is 623 g/mol. The van der Waals surface area contributed by atoms with E-state index < -0.39 is 29.7 Å². The van der Waals surface area contributed by atoms with Gasteiger partial charge in [0.2, 0.25) is 0 Å². The average Bonchev–Trinajstić information content (AvgIpc) is 2.87. The molecule has 2 aromatic rings. The molecule has 2 aromatic carbocycles. The number of nitrogens with two attached hydrogens (primary N) is 1. The summed E-state index contributed by atoms with van der Waals surface area (Å²) in [6.45, 7) is 20.4. The normalized spacial score (nSPS) is 14.8. The van der Waals surface area contributed by atoms with Crippen LogP contribution in [0.15, 0.2) is 48.5 Å². The molecule has 0 saturated heterocycles. The lowest BCUT2D eigenvalue weighted by Crippen LogP contribution is -2.43. The van der Waals surface area contributed by atoms with Gasteiger partial charge in [-0.05, 0) is 84.6 Å². The number of halogens is 1. The van der Waals surface area contributed by atoms with Crippen LogP contribution in [0.5, 0.6) is 0 Å². The lowest BCUT2D eigenvalue weighted by Gasteiger charge is -2.25. The van der Waals surface area contributed by atoms with Gasteiger partial charge in [-0.1, -0.05) is 69.8 Å². The summed E-state index contributed by atoms with van der Waals surface area (Å²) in [6, 6.07) is 14.8. The van der Waals surface area contributed by atoms with E-state index >= 15 is 0 Å². The highest BCUT2D eigenvalue weighted by Crippen LogP contribution is 2.25. The zero-order valence-corrected chi connectivity index (χ0v) is 27.8. The second-order valence-corrected chi connectivity index (χ2v) is 11.7. The van der Waals surface area contributed by atoms with Gasteiger partial charge in [0.05, 0.1) is 0 Å². The van der Waals surface area contributed by atoms with E-state index in [4.69, 9.17) is 19.9 Å². The molecule has 244 valence electrons. The van der Waals surface area contributed by atoms with Gasteiger partial charge in [0.1, 0.15) is 29.9 Å². The first kappa shape index (κ1) is 42.0. The maximum atomic E-state index is 12.2. The van der Waals surface area contributed by atoms with E-state index in [2.05, 4.69) is 31.3 Å². The molecule has 43 heavy (non-hydrogen) atoms. The number of carbonyl (C=O) groups excluding carboxylic acids is 3. The molecule has 1 amide bonds. The second-order valence-electron chi connectivity index (χ2n) is 11.7. The van der Waals surface area contributed by atoms with Crippen LogP contribution in [0.4, 0.5) is 4.79 Å². The van der Waals surface area contributed by atoms with Crippen molar-refractivity contribution in [2.75, 3.05) is 0 Å². The fourth-order valence-electron chi connectivity index (χ4n) is 4.02. The van der Waals surface area contributed by atoms with Gasteiger partial charge < -0.3 is 25.3 Å². The fraction of sp³-hybridized carbons (Fsp3) is 0.559. The number of nitrogens with one attached hydrogen (secondary N) is 1. The highest BCUT2D eigenvalue weighted by molar-refractivity contribution is 5.85. The van der Waals surface area contributed by atoms with Gasteiger partial charge in [-0.2, -0.15) is 0 Å². The molecular formula is C34H55ClN2O6. The number of hydrogen-bond acceptors (Lipinski definition) is 7. The Labute approximate surface area is 265 Å². The summed E-state index contributed by atoms with van der Waals surface area (Å²) in [7, 11) is 0. The number of benzene rings is 2. The molecule has 0 unspecified atom stereocenters. The Hall–Kier alpha value is -3.10. The zero-order valence-electron chi connectivity index (χ0n) is 27.0. The Morgan fingerprint density at radius 1 is 0.721 bits per heavy atom. The number of carbonyl (C=O) groups is 3. The number of amides is 1. The highest BCUT2D eigenvalue weighted by Gasteiger charge is 2.26. The van der Waals surface area contributed by atoms with Crippen molar-refractivity contribution in [2.24, 2.45) is 5.73 Å². The number of esters is 2. The number of alkyl carbamates (subject to hydrolysis) is 1. The largest absolute Gasteiger partial charge is 0.461 e. The van der Waals surface area contributed by atoms with Gasteiger partial charge in [0.25, 0.3) is 0 Å². The maximum absolute atomic E-state index is 12.2. The van der Waals surface area contributed by atoms with Gasteiger partial charge in [-0.25, -0.2) is 9.59 Å². The highest BCUT2D eigenvalue weighted by atomic mass is 35.5. The predicted molar refractivity (Wildman–Crippen MR) is 177 cm³/mol.